The average Bonchev–Trinajstić information content (AvgIpc) is 3.47. The molecule has 0 saturated heterocycles. The summed E-state index contributed by atoms with van der Waals surface area (Å²) in [6.07, 6.45) is -10.8. The van der Waals surface area contributed by atoms with E-state index in [1.165, 1.54) is 0 Å². The van der Waals surface area contributed by atoms with Crippen molar-refractivity contribution in [2.45, 2.75) is 26.6 Å². The summed E-state index contributed by atoms with van der Waals surface area (Å²) in [5, 5.41) is 19.4. The molecule has 0 bridgehead atoms. The van der Waals surface area contributed by atoms with Gasteiger partial charge in [-0.15, -0.1) is 37.7 Å². The Morgan fingerprint density at radius 2 is 1.07 bits per heavy atom. The lowest BCUT2D eigenvalue weighted by atomic mass is 9.95. The summed E-state index contributed by atoms with van der Waals surface area (Å²) in [7, 11) is 0. The fraction of sp³-hybridized carbons (Fsp3) is 0.143. The van der Waals surface area contributed by atoms with Crippen LogP contribution in [-0.2, 0) is 0 Å². The van der Waals surface area contributed by atoms with E-state index in [4.69, 9.17) is 13.1 Å². The highest BCUT2D eigenvalue weighted by atomic mass is 32.1. The third-order valence-corrected chi connectivity index (χ3v) is 7.74. The van der Waals surface area contributed by atoms with Crippen LogP contribution in [0.4, 0.5) is 26.3 Å². The summed E-state index contributed by atoms with van der Waals surface area (Å²) in [6.45, 7) is 18.7. The van der Waals surface area contributed by atoms with E-state index >= 15 is 0 Å². The van der Waals surface area contributed by atoms with Crippen LogP contribution in [0.25, 0.3) is 43.1 Å². The highest BCUT2D eigenvalue weighted by Crippen LogP contribution is 2.62. The molecule has 1 aromatic heterocycles. The van der Waals surface area contributed by atoms with Gasteiger partial charge in [0.2, 0.25) is 0 Å². The molecular weight excluding hydrogens is 570 g/mol. The predicted octanol–water partition coefficient (Wildman–Crippen LogP) is 8.53. The Bertz CT molecular complexity index is 1900. The van der Waals surface area contributed by atoms with Crippen molar-refractivity contribution in [3.8, 4) is 45.9 Å². The maximum atomic E-state index is 13.3. The molecule has 1 heterocycles. The Morgan fingerprint density at radius 1 is 0.707 bits per heavy atom. The molecule has 0 amide bonds. The van der Waals surface area contributed by atoms with Gasteiger partial charge < -0.3 is 9.47 Å². The number of rotatable bonds is 2. The maximum Gasteiger partial charge on any atom is 0.573 e. The molecule has 13 heteroatoms. The summed E-state index contributed by atoms with van der Waals surface area (Å²) >= 11 is 0.978. The zero-order chi connectivity index (χ0) is 30.0. The first kappa shape index (κ1) is 27.3. The molecule has 202 valence electrons. The number of ether oxygens (including phenoxy) is 2. The van der Waals surface area contributed by atoms with Crippen molar-refractivity contribution in [2.75, 3.05) is 0 Å². The van der Waals surface area contributed by atoms with Crippen LogP contribution < -0.4 is 9.47 Å². The number of nitrogens with zero attached hydrogens (tertiary/aromatic N) is 4. The smallest absolute Gasteiger partial charge is 0.402 e. The van der Waals surface area contributed by atoms with E-state index in [1.54, 1.807) is 18.2 Å². The van der Waals surface area contributed by atoms with E-state index < -0.39 is 29.9 Å². The summed E-state index contributed by atoms with van der Waals surface area (Å²) in [5.74, 6) is -2.60. The van der Waals surface area contributed by atoms with Gasteiger partial charge in [-0.05, 0) is 59.4 Å². The summed E-state index contributed by atoms with van der Waals surface area (Å²) in [6, 6.07) is 8.50. The molecule has 3 aromatic rings. The monoisotopic (exact) mass is 580 g/mol. The van der Waals surface area contributed by atoms with Crippen molar-refractivity contribution >= 4 is 22.5 Å². The minimum Gasteiger partial charge on any atom is -0.402 e. The first-order chi connectivity index (χ1) is 19.2. The third kappa shape index (κ3) is 4.34. The van der Waals surface area contributed by atoms with Crippen LogP contribution in [0, 0.1) is 49.7 Å². The van der Waals surface area contributed by atoms with Crippen molar-refractivity contribution in [1.29, 1.82) is 10.5 Å². The van der Waals surface area contributed by atoms with E-state index in [1.807, 2.05) is 19.9 Å². The number of hydrogen-bond acceptors (Lipinski definition) is 5. The largest absolute Gasteiger partial charge is 0.573 e. The molecule has 0 N–H and O–H groups in total. The van der Waals surface area contributed by atoms with Gasteiger partial charge in [0.1, 0.15) is 0 Å². The van der Waals surface area contributed by atoms with Crippen LogP contribution in [0.2, 0.25) is 0 Å². The van der Waals surface area contributed by atoms with Crippen LogP contribution in [0.5, 0.6) is 11.5 Å². The van der Waals surface area contributed by atoms with Gasteiger partial charge in [0.15, 0.2) is 11.5 Å². The third-order valence-electron chi connectivity index (χ3n) is 6.52. The lowest BCUT2D eigenvalue weighted by molar-refractivity contribution is -0.287. The van der Waals surface area contributed by atoms with Gasteiger partial charge >= 0.3 is 12.7 Å². The van der Waals surface area contributed by atoms with Crippen molar-refractivity contribution in [3.05, 3.63) is 90.5 Å². The van der Waals surface area contributed by atoms with Crippen LogP contribution in [-0.4, -0.2) is 12.7 Å². The van der Waals surface area contributed by atoms with E-state index in [0.717, 1.165) is 28.5 Å². The normalized spacial score (nSPS) is 15.3. The summed E-state index contributed by atoms with van der Waals surface area (Å²) in [4.78, 5) is 7.16. The predicted molar refractivity (Wildman–Crippen MR) is 135 cm³/mol. The zero-order valence-corrected chi connectivity index (χ0v) is 21.4. The minimum atomic E-state index is -5.38. The highest BCUT2D eigenvalue weighted by Gasteiger charge is 2.42. The summed E-state index contributed by atoms with van der Waals surface area (Å²) in [5.41, 5.74) is 2.59. The molecule has 0 saturated carbocycles. The van der Waals surface area contributed by atoms with Crippen LogP contribution >= 0.6 is 11.3 Å². The molecular formula is C28H10F6N4O2S. The highest BCUT2D eigenvalue weighted by molar-refractivity contribution is 7.16. The van der Waals surface area contributed by atoms with Crippen LogP contribution in [0.3, 0.4) is 0 Å². The van der Waals surface area contributed by atoms with E-state index in [0.29, 0.717) is 27.6 Å². The number of allylic oxidation sites excluding steroid dienone is 2. The van der Waals surface area contributed by atoms with Gasteiger partial charge in [-0.1, -0.05) is 12.1 Å². The number of thiophene rings is 1. The van der Waals surface area contributed by atoms with Crippen molar-refractivity contribution < 1.29 is 35.8 Å². The molecule has 2 aliphatic carbocycles. The number of hydrogen-bond donors (Lipinski definition) is 0. The fourth-order valence-electron chi connectivity index (χ4n) is 4.90. The Hall–Kier alpha value is -5.24. The number of aryl methyl sites for hydroxylation is 2. The van der Waals surface area contributed by atoms with Crippen molar-refractivity contribution in [3.63, 3.8) is 0 Å². The first-order valence-corrected chi connectivity index (χ1v) is 12.1. The van der Waals surface area contributed by atoms with Gasteiger partial charge in [-0.25, -0.2) is 20.2 Å². The van der Waals surface area contributed by atoms with Gasteiger partial charge in [0, 0.05) is 32.0 Å². The second-order valence-corrected chi connectivity index (χ2v) is 9.85. The van der Waals surface area contributed by atoms with Gasteiger partial charge in [-0.3, -0.25) is 0 Å². The standard InChI is InChI=1S/C28H10F6N4O2S/c1-11-5-13-14(6-12(11)2)23-24-16-8-20(40-28(32,33)34)19(39-27(29,30)31)7-15(16)22(18(10-36)38-4)26(24)41-25(23)21(13)17(9-35)37-3/h5-8H,1-2H3/b21-17+,22-18-. The maximum absolute atomic E-state index is 13.3. The zero-order valence-electron chi connectivity index (χ0n) is 20.6. The fourth-order valence-corrected chi connectivity index (χ4v) is 6.35. The molecule has 6 nitrogen and oxygen atoms in total. The topological polar surface area (TPSA) is 74.8 Å². The van der Waals surface area contributed by atoms with Crippen molar-refractivity contribution in [2.24, 2.45) is 0 Å². The average molecular weight is 580 g/mol. The molecule has 0 atom stereocenters. The Morgan fingerprint density at radius 3 is 1.46 bits per heavy atom. The van der Waals surface area contributed by atoms with E-state index in [-0.39, 0.29) is 38.4 Å². The SMILES string of the molecule is [C-]#[N+]/C(C#N)=C1/c2cc(OC(F)(F)F)c(OC(F)(F)F)cc2-c2c1sc1c2-c2cc(C)c(C)cc2/C1=C(/C#N)[N+]#[C-]. The van der Waals surface area contributed by atoms with E-state index in [2.05, 4.69) is 19.2 Å². The number of alkyl halides is 6. The number of benzene rings is 2. The minimum absolute atomic E-state index is 0.0376. The van der Waals surface area contributed by atoms with Crippen LogP contribution in [0.1, 0.15) is 32.0 Å². The van der Waals surface area contributed by atoms with Crippen molar-refractivity contribution in [1.82, 2.24) is 0 Å². The number of halogens is 6. The number of fused-ring (bicyclic) bond motifs is 7. The molecule has 0 fully saturated rings. The lowest BCUT2D eigenvalue weighted by Crippen LogP contribution is -2.21. The van der Waals surface area contributed by atoms with Gasteiger partial charge in [0.05, 0.1) is 25.3 Å². The van der Waals surface area contributed by atoms with Gasteiger partial charge in [-0.2, -0.15) is 0 Å². The molecule has 2 aliphatic rings. The molecule has 41 heavy (non-hydrogen) atoms. The second kappa shape index (κ2) is 9.16. The molecule has 0 spiro atoms. The lowest BCUT2D eigenvalue weighted by Gasteiger charge is -2.17. The summed E-state index contributed by atoms with van der Waals surface area (Å²) < 4.78 is 87.1. The quantitative estimate of drug-likeness (QED) is 0.119. The molecule has 0 radical (unpaired) electrons. The number of nitriles is 2. The molecule has 5 rings (SSSR count). The molecule has 0 unspecified atom stereocenters. The molecule has 0 aliphatic heterocycles. The van der Waals surface area contributed by atoms with E-state index in [9.17, 15) is 36.9 Å². The van der Waals surface area contributed by atoms with Gasteiger partial charge in [0.25, 0.3) is 11.4 Å². The first-order valence-electron chi connectivity index (χ1n) is 11.3. The Kier molecular flexibility index (Phi) is 6.11. The second-order valence-electron chi connectivity index (χ2n) is 8.83. The Labute approximate surface area is 231 Å². The molecule has 2 aromatic carbocycles. The van der Waals surface area contributed by atoms with Crippen LogP contribution in [0.15, 0.2) is 35.7 Å². The Balaban J connectivity index is 1.95.